The molecular weight excluding hydrogens is 198 g/mol. The standard InChI is InChI=1S/C13H21N3/c1-3-5-11-8-9-16(10-11)13-7-4-6-12(14-2)15-13/h4,6-7,11H,3,5,8-10H2,1-2H3,(H,14,15). The number of aromatic nitrogens is 1. The number of rotatable bonds is 4. The Morgan fingerprint density at radius 2 is 2.38 bits per heavy atom. The molecule has 0 saturated carbocycles. The lowest BCUT2D eigenvalue weighted by Crippen LogP contribution is -2.20. The first-order chi connectivity index (χ1) is 7.83. The Morgan fingerprint density at radius 1 is 1.50 bits per heavy atom. The Hall–Kier alpha value is -1.25. The summed E-state index contributed by atoms with van der Waals surface area (Å²) in [4.78, 5) is 6.99. The van der Waals surface area contributed by atoms with Crippen LogP contribution in [-0.2, 0) is 0 Å². The molecule has 1 unspecified atom stereocenters. The van der Waals surface area contributed by atoms with Gasteiger partial charge in [0.1, 0.15) is 11.6 Å². The highest BCUT2D eigenvalue weighted by Gasteiger charge is 2.22. The van der Waals surface area contributed by atoms with Crippen LogP contribution in [0.25, 0.3) is 0 Å². The predicted molar refractivity (Wildman–Crippen MR) is 69.0 cm³/mol. The topological polar surface area (TPSA) is 28.2 Å². The van der Waals surface area contributed by atoms with Crippen LogP contribution in [0.15, 0.2) is 18.2 Å². The Bertz CT molecular complexity index is 338. The fraction of sp³-hybridized carbons (Fsp3) is 0.615. The van der Waals surface area contributed by atoms with Crippen molar-refractivity contribution in [1.29, 1.82) is 0 Å². The van der Waals surface area contributed by atoms with Crippen LogP contribution < -0.4 is 10.2 Å². The van der Waals surface area contributed by atoms with E-state index in [0.717, 1.165) is 24.1 Å². The van der Waals surface area contributed by atoms with Gasteiger partial charge in [0.05, 0.1) is 0 Å². The van der Waals surface area contributed by atoms with E-state index in [4.69, 9.17) is 0 Å². The molecule has 0 aromatic carbocycles. The fourth-order valence-corrected chi connectivity index (χ4v) is 2.42. The molecule has 0 aliphatic carbocycles. The minimum absolute atomic E-state index is 0.866. The highest BCUT2D eigenvalue weighted by atomic mass is 15.2. The van der Waals surface area contributed by atoms with E-state index >= 15 is 0 Å². The highest BCUT2D eigenvalue weighted by Crippen LogP contribution is 2.25. The number of pyridine rings is 1. The van der Waals surface area contributed by atoms with Crippen molar-refractivity contribution in [2.75, 3.05) is 30.4 Å². The summed E-state index contributed by atoms with van der Waals surface area (Å²) >= 11 is 0. The molecule has 1 aliphatic rings. The van der Waals surface area contributed by atoms with Gasteiger partial charge < -0.3 is 10.2 Å². The lowest BCUT2D eigenvalue weighted by atomic mass is 10.0. The molecule has 16 heavy (non-hydrogen) atoms. The number of nitrogens with zero attached hydrogens (tertiary/aromatic N) is 2. The molecule has 1 N–H and O–H groups in total. The van der Waals surface area contributed by atoms with E-state index < -0.39 is 0 Å². The first-order valence-corrected chi connectivity index (χ1v) is 6.23. The van der Waals surface area contributed by atoms with Crippen LogP contribution in [0.5, 0.6) is 0 Å². The van der Waals surface area contributed by atoms with Gasteiger partial charge in [0.25, 0.3) is 0 Å². The third-order valence-electron chi connectivity index (χ3n) is 3.30. The van der Waals surface area contributed by atoms with Crippen LogP contribution in [0.3, 0.4) is 0 Å². The largest absolute Gasteiger partial charge is 0.373 e. The maximum Gasteiger partial charge on any atom is 0.130 e. The molecule has 3 heteroatoms. The molecule has 1 saturated heterocycles. The van der Waals surface area contributed by atoms with E-state index in [1.54, 1.807) is 0 Å². The second-order valence-corrected chi connectivity index (χ2v) is 4.52. The van der Waals surface area contributed by atoms with E-state index in [9.17, 15) is 0 Å². The molecule has 1 fully saturated rings. The van der Waals surface area contributed by atoms with Crippen molar-refractivity contribution in [2.24, 2.45) is 5.92 Å². The zero-order valence-electron chi connectivity index (χ0n) is 10.2. The summed E-state index contributed by atoms with van der Waals surface area (Å²) in [5.74, 6) is 2.94. The molecule has 0 spiro atoms. The van der Waals surface area contributed by atoms with Crippen LogP contribution in [0, 0.1) is 5.92 Å². The number of nitrogens with one attached hydrogen (secondary N) is 1. The van der Waals surface area contributed by atoms with Gasteiger partial charge in [0.2, 0.25) is 0 Å². The Labute approximate surface area is 97.9 Å². The van der Waals surface area contributed by atoms with Crippen molar-refractivity contribution in [3.8, 4) is 0 Å². The summed E-state index contributed by atoms with van der Waals surface area (Å²) < 4.78 is 0. The van der Waals surface area contributed by atoms with E-state index in [1.165, 1.54) is 25.8 Å². The third-order valence-corrected chi connectivity index (χ3v) is 3.30. The van der Waals surface area contributed by atoms with Gasteiger partial charge in [-0.1, -0.05) is 19.4 Å². The van der Waals surface area contributed by atoms with Crippen LogP contribution in [0.1, 0.15) is 26.2 Å². The molecule has 1 aliphatic heterocycles. The normalized spacial score (nSPS) is 20.1. The maximum absolute atomic E-state index is 4.58. The second-order valence-electron chi connectivity index (χ2n) is 4.52. The first-order valence-electron chi connectivity index (χ1n) is 6.23. The SMILES string of the molecule is CCCC1CCN(c2cccc(NC)n2)C1. The zero-order valence-corrected chi connectivity index (χ0v) is 10.2. The fourth-order valence-electron chi connectivity index (χ4n) is 2.42. The lowest BCUT2D eigenvalue weighted by molar-refractivity contribution is 0.529. The van der Waals surface area contributed by atoms with Crippen molar-refractivity contribution in [3.63, 3.8) is 0 Å². The van der Waals surface area contributed by atoms with Crippen molar-refractivity contribution in [1.82, 2.24) is 4.98 Å². The van der Waals surface area contributed by atoms with Crippen molar-refractivity contribution in [3.05, 3.63) is 18.2 Å². The van der Waals surface area contributed by atoms with Crippen molar-refractivity contribution < 1.29 is 0 Å². The quantitative estimate of drug-likeness (QED) is 0.844. The average molecular weight is 219 g/mol. The number of hydrogen-bond acceptors (Lipinski definition) is 3. The van der Waals surface area contributed by atoms with E-state index in [1.807, 2.05) is 13.1 Å². The summed E-state index contributed by atoms with van der Waals surface area (Å²) in [5.41, 5.74) is 0. The number of hydrogen-bond donors (Lipinski definition) is 1. The van der Waals surface area contributed by atoms with E-state index in [0.29, 0.717) is 0 Å². The van der Waals surface area contributed by atoms with Gasteiger partial charge in [-0.15, -0.1) is 0 Å². The average Bonchev–Trinajstić information content (AvgIpc) is 2.78. The van der Waals surface area contributed by atoms with E-state index in [-0.39, 0.29) is 0 Å². The molecule has 1 aromatic rings. The van der Waals surface area contributed by atoms with Gasteiger partial charge in [-0.3, -0.25) is 0 Å². The van der Waals surface area contributed by atoms with E-state index in [2.05, 4.69) is 34.3 Å². The van der Waals surface area contributed by atoms with Crippen LogP contribution in [0.4, 0.5) is 11.6 Å². The molecule has 2 heterocycles. The lowest BCUT2D eigenvalue weighted by Gasteiger charge is -2.18. The molecular formula is C13H21N3. The summed E-state index contributed by atoms with van der Waals surface area (Å²) in [5, 5.41) is 3.09. The van der Waals surface area contributed by atoms with Gasteiger partial charge in [0, 0.05) is 20.1 Å². The first kappa shape index (κ1) is 11.2. The summed E-state index contributed by atoms with van der Waals surface area (Å²) in [6.45, 7) is 4.60. The Balaban J connectivity index is 2.02. The summed E-state index contributed by atoms with van der Waals surface area (Å²) in [7, 11) is 1.91. The Morgan fingerprint density at radius 3 is 3.12 bits per heavy atom. The van der Waals surface area contributed by atoms with Crippen LogP contribution in [0.2, 0.25) is 0 Å². The van der Waals surface area contributed by atoms with Crippen LogP contribution in [-0.4, -0.2) is 25.1 Å². The van der Waals surface area contributed by atoms with Gasteiger partial charge in [-0.05, 0) is 30.9 Å². The third kappa shape index (κ3) is 2.46. The van der Waals surface area contributed by atoms with Gasteiger partial charge in [-0.2, -0.15) is 0 Å². The molecule has 3 nitrogen and oxygen atoms in total. The minimum Gasteiger partial charge on any atom is -0.373 e. The maximum atomic E-state index is 4.58. The predicted octanol–water partition coefficient (Wildman–Crippen LogP) is 2.75. The van der Waals surface area contributed by atoms with Gasteiger partial charge in [0.15, 0.2) is 0 Å². The molecule has 0 bridgehead atoms. The molecule has 2 rings (SSSR count). The second kappa shape index (κ2) is 5.19. The number of anilines is 2. The summed E-state index contributed by atoms with van der Waals surface area (Å²) in [6.07, 6.45) is 3.96. The molecule has 88 valence electrons. The molecule has 0 amide bonds. The van der Waals surface area contributed by atoms with Crippen molar-refractivity contribution >= 4 is 11.6 Å². The highest BCUT2D eigenvalue weighted by molar-refractivity contribution is 5.47. The Kier molecular flexibility index (Phi) is 3.65. The monoisotopic (exact) mass is 219 g/mol. The van der Waals surface area contributed by atoms with Gasteiger partial charge >= 0.3 is 0 Å². The molecule has 0 radical (unpaired) electrons. The molecule has 1 aromatic heterocycles. The molecule has 1 atom stereocenters. The summed E-state index contributed by atoms with van der Waals surface area (Å²) in [6, 6.07) is 6.18. The smallest absolute Gasteiger partial charge is 0.130 e. The van der Waals surface area contributed by atoms with Gasteiger partial charge in [-0.25, -0.2) is 4.98 Å². The minimum atomic E-state index is 0.866. The van der Waals surface area contributed by atoms with Crippen LogP contribution >= 0.6 is 0 Å². The zero-order chi connectivity index (χ0) is 11.4. The van der Waals surface area contributed by atoms with Crippen molar-refractivity contribution in [2.45, 2.75) is 26.2 Å².